The fourth-order valence-corrected chi connectivity index (χ4v) is 1.55. The van der Waals surface area contributed by atoms with Crippen molar-refractivity contribution >= 4 is 5.90 Å². The lowest BCUT2D eigenvalue weighted by atomic mass is 10.1. The van der Waals surface area contributed by atoms with Gasteiger partial charge in [-0.05, 0) is 31.5 Å². The van der Waals surface area contributed by atoms with Gasteiger partial charge in [-0.2, -0.15) is 0 Å². The Labute approximate surface area is 93.6 Å². The molecule has 0 fully saturated rings. The van der Waals surface area contributed by atoms with Crippen LogP contribution in [0.5, 0.6) is 0 Å². The second kappa shape index (κ2) is 3.87. The summed E-state index contributed by atoms with van der Waals surface area (Å²) < 4.78 is 19.0. The molecule has 1 heterocycles. The maximum absolute atomic E-state index is 13.7. The SMILES string of the molecule is CC1(C)COC(c2ccc(CO)cc2F)=N1. The van der Waals surface area contributed by atoms with Crippen molar-refractivity contribution in [2.24, 2.45) is 4.99 Å². The second-order valence-corrected chi connectivity index (χ2v) is 4.49. The fourth-order valence-electron chi connectivity index (χ4n) is 1.55. The van der Waals surface area contributed by atoms with E-state index >= 15 is 0 Å². The lowest BCUT2D eigenvalue weighted by Crippen LogP contribution is -2.17. The van der Waals surface area contributed by atoms with E-state index in [2.05, 4.69) is 4.99 Å². The molecule has 0 aliphatic carbocycles. The predicted octanol–water partition coefficient (Wildman–Crippen LogP) is 1.87. The topological polar surface area (TPSA) is 41.8 Å². The molecule has 0 spiro atoms. The Morgan fingerprint density at radius 3 is 2.75 bits per heavy atom. The molecule has 3 nitrogen and oxygen atoms in total. The highest BCUT2D eigenvalue weighted by atomic mass is 19.1. The van der Waals surface area contributed by atoms with Crippen LogP contribution in [-0.4, -0.2) is 23.2 Å². The maximum atomic E-state index is 13.7. The first-order valence-corrected chi connectivity index (χ1v) is 5.14. The summed E-state index contributed by atoms with van der Waals surface area (Å²) >= 11 is 0. The van der Waals surface area contributed by atoms with E-state index in [1.165, 1.54) is 6.07 Å². The van der Waals surface area contributed by atoms with E-state index < -0.39 is 5.82 Å². The highest BCUT2D eigenvalue weighted by molar-refractivity contribution is 5.95. The molecular weight excluding hydrogens is 209 g/mol. The minimum absolute atomic E-state index is 0.171. The summed E-state index contributed by atoms with van der Waals surface area (Å²) in [6.07, 6.45) is 0. The van der Waals surface area contributed by atoms with Crippen LogP contribution in [-0.2, 0) is 11.3 Å². The number of rotatable bonds is 2. The lowest BCUT2D eigenvalue weighted by molar-refractivity contribution is 0.278. The molecule has 4 heteroatoms. The van der Waals surface area contributed by atoms with Crippen LogP contribution in [0.3, 0.4) is 0 Å². The van der Waals surface area contributed by atoms with Crippen LogP contribution >= 0.6 is 0 Å². The number of hydrogen-bond donors (Lipinski definition) is 1. The van der Waals surface area contributed by atoms with Gasteiger partial charge in [0, 0.05) is 0 Å². The molecule has 0 unspecified atom stereocenters. The van der Waals surface area contributed by atoms with Crippen molar-refractivity contribution < 1.29 is 14.2 Å². The molecule has 1 aliphatic heterocycles. The van der Waals surface area contributed by atoms with Crippen LogP contribution in [0.1, 0.15) is 25.0 Å². The third-order valence-corrected chi connectivity index (χ3v) is 2.41. The summed E-state index contributed by atoms with van der Waals surface area (Å²) in [6, 6.07) is 4.54. The molecule has 86 valence electrons. The molecule has 0 radical (unpaired) electrons. The average molecular weight is 223 g/mol. The molecule has 16 heavy (non-hydrogen) atoms. The number of aliphatic hydroxyl groups is 1. The smallest absolute Gasteiger partial charge is 0.219 e. The molecule has 0 saturated carbocycles. The van der Waals surface area contributed by atoms with Crippen molar-refractivity contribution in [3.8, 4) is 0 Å². The van der Waals surface area contributed by atoms with Gasteiger partial charge in [-0.3, -0.25) is 0 Å². The van der Waals surface area contributed by atoms with E-state index in [0.29, 0.717) is 23.6 Å². The van der Waals surface area contributed by atoms with Gasteiger partial charge in [-0.25, -0.2) is 9.38 Å². The zero-order chi connectivity index (χ0) is 11.8. The van der Waals surface area contributed by atoms with E-state index in [1.54, 1.807) is 12.1 Å². The van der Waals surface area contributed by atoms with Crippen LogP contribution in [0.15, 0.2) is 23.2 Å². The monoisotopic (exact) mass is 223 g/mol. The van der Waals surface area contributed by atoms with Gasteiger partial charge in [0.2, 0.25) is 5.90 Å². The van der Waals surface area contributed by atoms with E-state index in [4.69, 9.17) is 9.84 Å². The van der Waals surface area contributed by atoms with Gasteiger partial charge >= 0.3 is 0 Å². The average Bonchev–Trinajstić information content (AvgIpc) is 2.58. The minimum Gasteiger partial charge on any atom is -0.475 e. The van der Waals surface area contributed by atoms with Gasteiger partial charge in [-0.1, -0.05) is 6.07 Å². The Balaban J connectivity index is 2.35. The molecule has 0 atom stereocenters. The molecule has 1 aromatic carbocycles. The number of nitrogens with zero attached hydrogens (tertiary/aromatic N) is 1. The van der Waals surface area contributed by atoms with Crippen LogP contribution in [0.25, 0.3) is 0 Å². The summed E-state index contributed by atoms with van der Waals surface area (Å²) in [5.41, 5.74) is 0.596. The maximum Gasteiger partial charge on any atom is 0.219 e. The first-order chi connectivity index (χ1) is 7.52. The van der Waals surface area contributed by atoms with Gasteiger partial charge in [0.25, 0.3) is 0 Å². The van der Waals surface area contributed by atoms with Gasteiger partial charge in [0.15, 0.2) is 0 Å². The lowest BCUT2D eigenvalue weighted by Gasteiger charge is -2.07. The number of ether oxygens (including phenoxy) is 1. The van der Waals surface area contributed by atoms with Crippen LogP contribution < -0.4 is 0 Å². The molecule has 1 aromatic rings. The van der Waals surface area contributed by atoms with Crippen molar-refractivity contribution in [3.63, 3.8) is 0 Å². The zero-order valence-corrected chi connectivity index (χ0v) is 9.33. The minimum atomic E-state index is -0.414. The molecule has 1 aliphatic rings. The highest BCUT2D eigenvalue weighted by Gasteiger charge is 2.28. The van der Waals surface area contributed by atoms with E-state index in [9.17, 15) is 4.39 Å². The van der Waals surface area contributed by atoms with Gasteiger partial charge < -0.3 is 9.84 Å². The van der Waals surface area contributed by atoms with Gasteiger partial charge in [0.1, 0.15) is 12.4 Å². The summed E-state index contributed by atoms with van der Waals surface area (Å²) in [5.74, 6) is -0.0741. The number of hydrogen-bond acceptors (Lipinski definition) is 3. The largest absolute Gasteiger partial charge is 0.475 e. The zero-order valence-electron chi connectivity index (χ0n) is 9.33. The first-order valence-electron chi connectivity index (χ1n) is 5.14. The van der Waals surface area contributed by atoms with Crippen LogP contribution in [0.4, 0.5) is 4.39 Å². The molecule has 1 N–H and O–H groups in total. The van der Waals surface area contributed by atoms with E-state index in [0.717, 1.165) is 0 Å². The van der Waals surface area contributed by atoms with E-state index in [-0.39, 0.29) is 12.1 Å². The molecule has 0 saturated heterocycles. The summed E-state index contributed by atoms with van der Waals surface area (Å²) in [4.78, 5) is 4.30. The van der Waals surface area contributed by atoms with Gasteiger partial charge in [0.05, 0.1) is 17.7 Å². The second-order valence-electron chi connectivity index (χ2n) is 4.49. The summed E-state index contributed by atoms with van der Waals surface area (Å²) in [6.45, 7) is 4.15. The third-order valence-electron chi connectivity index (χ3n) is 2.41. The van der Waals surface area contributed by atoms with Crippen molar-refractivity contribution in [2.45, 2.75) is 26.0 Å². The Morgan fingerprint density at radius 1 is 1.50 bits per heavy atom. The van der Waals surface area contributed by atoms with Crippen LogP contribution in [0, 0.1) is 5.82 Å². The Kier molecular flexibility index (Phi) is 2.68. The summed E-state index contributed by atoms with van der Waals surface area (Å²) in [5, 5.41) is 8.87. The highest BCUT2D eigenvalue weighted by Crippen LogP contribution is 2.22. The standard InChI is InChI=1S/C12H14FNO2/c1-12(2)7-16-11(14-12)9-4-3-8(6-15)5-10(9)13/h3-5,15H,6-7H2,1-2H3. The van der Waals surface area contributed by atoms with E-state index in [1.807, 2.05) is 13.8 Å². The Hall–Kier alpha value is -1.42. The molecule has 2 rings (SSSR count). The van der Waals surface area contributed by atoms with Crippen LogP contribution in [0.2, 0.25) is 0 Å². The molecular formula is C12H14FNO2. The predicted molar refractivity (Wildman–Crippen MR) is 58.9 cm³/mol. The third kappa shape index (κ3) is 2.07. The molecule has 0 amide bonds. The fraction of sp³-hybridized carbons (Fsp3) is 0.417. The van der Waals surface area contributed by atoms with Crippen molar-refractivity contribution in [1.29, 1.82) is 0 Å². The Morgan fingerprint density at radius 2 is 2.25 bits per heavy atom. The quantitative estimate of drug-likeness (QED) is 0.831. The Bertz CT molecular complexity index is 441. The van der Waals surface area contributed by atoms with Crippen molar-refractivity contribution in [2.75, 3.05) is 6.61 Å². The first kappa shape index (κ1) is 11.1. The number of aliphatic hydroxyl groups excluding tert-OH is 1. The normalized spacial score (nSPS) is 18.1. The van der Waals surface area contributed by atoms with Crippen molar-refractivity contribution in [3.05, 3.63) is 35.1 Å². The molecule has 0 aromatic heterocycles. The number of halogens is 1. The number of benzene rings is 1. The van der Waals surface area contributed by atoms with Crippen molar-refractivity contribution in [1.82, 2.24) is 0 Å². The molecule has 0 bridgehead atoms. The number of aliphatic imine (C=N–C) groups is 1. The summed E-state index contributed by atoms with van der Waals surface area (Å²) in [7, 11) is 0. The van der Waals surface area contributed by atoms with Gasteiger partial charge in [-0.15, -0.1) is 0 Å².